The predicted molar refractivity (Wildman–Crippen MR) is 95.8 cm³/mol. The maximum absolute atomic E-state index is 12.0. The zero-order valence-corrected chi connectivity index (χ0v) is 14.5. The molecular weight excluding hydrogens is 314 g/mol. The minimum absolute atomic E-state index is 0.0293. The Balaban J connectivity index is 1.51. The molecule has 3 rings (SSSR count). The fraction of sp³-hybridized carbons (Fsp3) is 0.250. The van der Waals surface area contributed by atoms with E-state index in [-0.39, 0.29) is 5.91 Å². The number of carbonyl (C=O) groups is 1. The first-order valence-electron chi connectivity index (χ1n) is 8.32. The molecule has 0 saturated carbocycles. The molecule has 0 aliphatic rings. The lowest BCUT2D eigenvalue weighted by Crippen LogP contribution is -2.23. The zero-order chi connectivity index (χ0) is 17.6. The van der Waals surface area contributed by atoms with Gasteiger partial charge in [0.2, 0.25) is 17.6 Å². The zero-order valence-electron chi connectivity index (χ0n) is 14.5. The van der Waals surface area contributed by atoms with E-state index in [1.807, 2.05) is 62.4 Å². The maximum atomic E-state index is 12.0. The smallest absolute Gasteiger partial charge is 0.227 e. The number of carbonyl (C=O) groups excluding carboxylic acids is 1. The van der Waals surface area contributed by atoms with Crippen LogP contribution in [0, 0.1) is 13.8 Å². The molecule has 3 aromatic rings. The first-order chi connectivity index (χ1) is 12.1. The second-order valence-electron chi connectivity index (χ2n) is 6.08. The third-order valence-electron chi connectivity index (χ3n) is 4.08. The molecule has 5 heteroatoms. The number of amides is 1. The molecule has 0 atom stereocenters. The quantitative estimate of drug-likeness (QED) is 0.747. The van der Waals surface area contributed by atoms with E-state index >= 15 is 0 Å². The Morgan fingerprint density at radius 1 is 1.08 bits per heavy atom. The minimum Gasteiger partial charge on any atom is -0.352 e. The Bertz CT molecular complexity index is 853. The van der Waals surface area contributed by atoms with Crippen LogP contribution in [0.1, 0.15) is 29.0 Å². The van der Waals surface area contributed by atoms with E-state index < -0.39 is 0 Å². The van der Waals surface area contributed by atoms with Gasteiger partial charge in [0.1, 0.15) is 0 Å². The molecule has 0 saturated heterocycles. The highest BCUT2D eigenvalue weighted by molar-refractivity contribution is 5.76. The lowest BCUT2D eigenvalue weighted by Gasteiger charge is -2.07. The summed E-state index contributed by atoms with van der Waals surface area (Å²) in [7, 11) is 0. The van der Waals surface area contributed by atoms with Gasteiger partial charge in [0, 0.05) is 24.9 Å². The summed E-state index contributed by atoms with van der Waals surface area (Å²) in [5, 5.41) is 6.91. The van der Waals surface area contributed by atoms with Crippen LogP contribution in [-0.2, 0) is 17.8 Å². The molecule has 128 valence electrons. The number of aromatic nitrogens is 2. The van der Waals surface area contributed by atoms with Crippen LogP contribution < -0.4 is 5.32 Å². The lowest BCUT2D eigenvalue weighted by atomic mass is 10.1. The molecule has 0 bridgehead atoms. The molecule has 25 heavy (non-hydrogen) atoms. The van der Waals surface area contributed by atoms with E-state index in [2.05, 4.69) is 15.5 Å². The van der Waals surface area contributed by atoms with Crippen molar-refractivity contribution in [1.82, 2.24) is 15.5 Å². The van der Waals surface area contributed by atoms with Crippen molar-refractivity contribution in [3.8, 4) is 11.4 Å². The number of benzene rings is 2. The largest absolute Gasteiger partial charge is 0.352 e. The average Bonchev–Trinajstić information content (AvgIpc) is 3.09. The molecule has 0 unspecified atom stereocenters. The number of aryl methyl sites for hydroxylation is 3. The summed E-state index contributed by atoms with van der Waals surface area (Å²) >= 11 is 0. The maximum Gasteiger partial charge on any atom is 0.227 e. The van der Waals surface area contributed by atoms with Crippen LogP contribution in [0.2, 0.25) is 0 Å². The number of hydrogen-bond donors (Lipinski definition) is 1. The Morgan fingerprint density at radius 3 is 2.60 bits per heavy atom. The third kappa shape index (κ3) is 4.53. The predicted octanol–water partition coefficient (Wildman–Crippen LogP) is 3.60. The number of hydrogen-bond acceptors (Lipinski definition) is 4. The average molecular weight is 335 g/mol. The van der Waals surface area contributed by atoms with E-state index in [0.29, 0.717) is 31.1 Å². The first kappa shape index (κ1) is 16.9. The van der Waals surface area contributed by atoms with Crippen molar-refractivity contribution in [3.63, 3.8) is 0 Å². The molecule has 1 N–H and O–H groups in total. The Morgan fingerprint density at radius 2 is 1.84 bits per heavy atom. The van der Waals surface area contributed by atoms with E-state index in [1.54, 1.807) is 0 Å². The highest BCUT2D eigenvalue weighted by atomic mass is 16.5. The standard InChI is InChI=1S/C20H21N3O2/c1-14-7-9-16(10-8-14)20-22-19(25-23-20)12-11-18(24)21-13-17-6-4-3-5-15(17)2/h3-10H,11-13H2,1-2H3,(H,21,24). The Hall–Kier alpha value is -2.95. The summed E-state index contributed by atoms with van der Waals surface area (Å²) in [6.45, 7) is 4.59. The van der Waals surface area contributed by atoms with E-state index in [4.69, 9.17) is 4.52 Å². The first-order valence-corrected chi connectivity index (χ1v) is 8.32. The second-order valence-corrected chi connectivity index (χ2v) is 6.08. The van der Waals surface area contributed by atoms with Gasteiger partial charge in [-0.25, -0.2) is 0 Å². The van der Waals surface area contributed by atoms with Crippen molar-refractivity contribution in [2.24, 2.45) is 0 Å². The molecule has 1 amide bonds. The van der Waals surface area contributed by atoms with Crippen LogP contribution in [0.25, 0.3) is 11.4 Å². The normalized spacial score (nSPS) is 10.6. The Kier molecular flexibility index (Phi) is 5.23. The molecule has 0 spiro atoms. The topological polar surface area (TPSA) is 68.0 Å². The SMILES string of the molecule is Cc1ccc(-c2noc(CCC(=O)NCc3ccccc3C)n2)cc1. The van der Waals surface area contributed by atoms with Crippen molar-refractivity contribution >= 4 is 5.91 Å². The van der Waals surface area contributed by atoms with E-state index in [1.165, 1.54) is 11.1 Å². The molecule has 0 fully saturated rings. The monoisotopic (exact) mass is 335 g/mol. The van der Waals surface area contributed by atoms with Crippen molar-refractivity contribution in [1.29, 1.82) is 0 Å². The van der Waals surface area contributed by atoms with Gasteiger partial charge in [-0.15, -0.1) is 0 Å². The minimum atomic E-state index is -0.0293. The third-order valence-corrected chi connectivity index (χ3v) is 4.08. The van der Waals surface area contributed by atoms with Crippen LogP contribution in [0.3, 0.4) is 0 Å². The summed E-state index contributed by atoms with van der Waals surface area (Å²) in [6, 6.07) is 15.9. The van der Waals surface area contributed by atoms with Crippen LogP contribution >= 0.6 is 0 Å². The second kappa shape index (κ2) is 7.75. The van der Waals surface area contributed by atoms with Crippen LogP contribution in [0.4, 0.5) is 0 Å². The molecule has 0 radical (unpaired) electrons. The van der Waals surface area contributed by atoms with Gasteiger partial charge in [0.15, 0.2) is 0 Å². The van der Waals surface area contributed by atoms with E-state index in [0.717, 1.165) is 11.1 Å². The molecule has 2 aromatic carbocycles. The highest BCUT2D eigenvalue weighted by Crippen LogP contribution is 2.16. The van der Waals surface area contributed by atoms with Gasteiger partial charge in [-0.05, 0) is 25.0 Å². The highest BCUT2D eigenvalue weighted by Gasteiger charge is 2.10. The Labute approximate surface area is 147 Å². The van der Waals surface area contributed by atoms with Gasteiger partial charge < -0.3 is 9.84 Å². The fourth-order valence-electron chi connectivity index (χ4n) is 2.49. The van der Waals surface area contributed by atoms with Crippen molar-refractivity contribution < 1.29 is 9.32 Å². The lowest BCUT2D eigenvalue weighted by molar-refractivity contribution is -0.121. The number of rotatable bonds is 6. The van der Waals surface area contributed by atoms with Crippen LogP contribution in [0.15, 0.2) is 53.1 Å². The van der Waals surface area contributed by atoms with Crippen molar-refractivity contribution in [3.05, 3.63) is 71.1 Å². The number of nitrogens with zero attached hydrogens (tertiary/aromatic N) is 2. The fourth-order valence-corrected chi connectivity index (χ4v) is 2.49. The van der Waals surface area contributed by atoms with Gasteiger partial charge in [-0.1, -0.05) is 59.3 Å². The van der Waals surface area contributed by atoms with Gasteiger partial charge >= 0.3 is 0 Å². The molecule has 1 aromatic heterocycles. The molecule has 0 aliphatic carbocycles. The molecular formula is C20H21N3O2. The van der Waals surface area contributed by atoms with Crippen LogP contribution in [-0.4, -0.2) is 16.0 Å². The van der Waals surface area contributed by atoms with Crippen LogP contribution in [0.5, 0.6) is 0 Å². The number of nitrogens with one attached hydrogen (secondary N) is 1. The van der Waals surface area contributed by atoms with Gasteiger partial charge in [-0.3, -0.25) is 4.79 Å². The van der Waals surface area contributed by atoms with Crippen molar-refractivity contribution in [2.75, 3.05) is 0 Å². The molecule has 0 aliphatic heterocycles. The summed E-state index contributed by atoms with van der Waals surface area (Å²) in [5.74, 6) is 0.996. The summed E-state index contributed by atoms with van der Waals surface area (Å²) in [5.41, 5.74) is 4.38. The summed E-state index contributed by atoms with van der Waals surface area (Å²) in [6.07, 6.45) is 0.750. The molecule has 1 heterocycles. The van der Waals surface area contributed by atoms with Gasteiger partial charge in [-0.2, -0.15) is 4.98 Å². The van der Waals surface area contributed by atoms with Gasteiger partial charge in [0.25, 0.3) is 0 Å². The van der Waals surface area contributed by atoms with Gasteiger partial charge in [0.05, 0.1) is 0 Å². The van der Waals surface area contributed by atoms with Crippen molar-refractivity contribution in [2.45, 2.75) is 33.2 Å². The van der Waals surface area contributed by atoms with E-state index in [9.17, 15) is 4.79 Å². The summed E-state index contributed by atoms with van der Waals surface area (Å²) < 4.78 is 5.24. The molecule has 5 nitrogen and oxygen atoms in total. The summed E-state index contributed by atoms with van der Waals surface area (Å²) in [4.78, 5) is 16.4.